The summed E-state index contributed by atoms with van der Waals surface area (Å²) in [5, 5.41) is 4.64. The highest BCUT2D eigenvalue weighted by atomic mass is 16.5. The summed E-state index contributed by atoms with van der Waals surface area (Å²) >= 11 is 0. The summed E-state index contributed by atoms with van der Waals surface area (Å²) in [6.07, 6.45) is 1.57. The van der Waals surface area contributed by atoms with Gasteiger partial charge in [0.2, 0.25) is 0 Å². The van der Waals surface area contributed by atoms with Gasteiger partial charge in [-0.25, -0.2) is 4.79 Å². The Kier molecular flexibility index (Phi) is 8.54. The number of ether oxygens (including phenoxy) is 1. The number of carbonyl (C=O) groups excluding carboxylic acids is 3. The molecule has 0 spiro atoms. The van der Waals surface area contributed by atoms with E-state index in [4.69, 9.17) is 4.74 Å². The Labute approximate surface area is 143 Å². The van der Waals surface area contributed by atoms with Gasteiger partial charge < -0.3 is 10.1 Å². The minimum absolute atomic E-state index is 0.0795. The molecule has 0 unspecified atom stereocenters. The third-order valence-electron chi connectivity index (χ3n) is 3.76. The van der Waals surface area contributed by atoms with Gasteiger partial charge in [-0.3, -0.25) is 14.9 Å². The van der Waals surface area contributed by atoms with Crippen molar-refractivity contribution in [2.45, 2.75) is 39.5 Å². The van der Waals surface area contributed by atoms with Crippen molar-refractivity contribution >= 4 is 17.9 Å². The molecule has 1 rings (SSSR count). The summed E-state index contributed by atoms with van der Waals surface area (Å²) in [7, 11) is 0. The van der Waals surface area contributed by atoms with Gasteiger partial charge in [-0.2, -0.15) is 0 Å². The van der Waals surface area contributed by atoms with E-state index >= 15 is 0 Å². The van der Waals surface area contributed by atoms with Crippen molar-refractivity contribution in [3.63, 3.8) is 0 Å². The number of esters is 1. The van der Waals surface area contributed by atoms with Crippen molar-refractivity contribution in [1.29, 1.82) is 0 Å². The molecular formula is C18H26N2O4. The van der Waals surface area contributed by atoms with Gasteiger partial charge in [0, 0.05) is 6.54 Å². The van der Waals surface area contributed by atoms with Gasteiger partial charge in [0.05, 0.1) is 5.92 Å². The Balaban J connectivity index is 2.60. The maximum atomic E-state index is 12.4. The molecule has 0 saturated heterocycles. The average Bonchev–Trinajstić information content (AvgIpc) is 2.59. The van der Waals surface area contributed by atoms with Crippen LogP contribution in [-0.4, -0.2) is 31.1 Å². The zero-order chi connectivity index (χ0) is 17.9. The van der Waals surface area contributed by atoms with Crippen LogP contribution in [0, 0.1) is 5.92 Å². The van der Waals surface area contributed by atoms with Crippen LogP contribution in [0.1, 0.15) is 45.1 Å². The van der Waals surface area contributed by atoms with Crippen molar-refractivity contribution < 1.29 is 19.1 Å². The zero-order valence-electron chi connectivity index (χ0n) is 14.5. The lowest BCUT2D eigenvalue weighted by molar-refractivity contribution is -0.151. The minimum atomic E-state index is -0.645. The zero-order valence-corrected chi connectivity index (χ0v) is 14.5. The van der Waals surface area contributed by atoms with Gasteiger partial charge in [0.1, 0.15) is 0 Å². The monoisotopic (exact) mass is 334 g/mol. The smallest absolute Gasteiger partial charge is 0.321 e. The quantitative estimate of drug-likeness (QED) is 0.716. The van der Waals surface area contributed by atoms with E-state index in [1.54, 1.807) is 0 Å². The van der Waals surface area contributed by atoms with E-state index in [2.05, 4.69) is 10.6 Å². The van der Waals surface area contributed by atoms with Gasteiger partial charge in [-0.05, 0) is 17.9 Å². The van der Waals surface area contributed by atoms with Gasteiger partial charge >= 0.3 is 12.0 Å². The number of urea groups is 1. The largest absolute Gasteiger partial charge is 0.455 e. The van der Waals surface area contributed by atoms with Crippen molar-refractivity contribution in [2.24, 2.45) is 5.92 Å². The molecule has 24 heavy (non-hydrogen) atoms. The Hall–Kier alpha value is -2.37. The molecule has 0 radical (unpaired) electrons. The number of amides is 3. The topological polar surface area (TPSA) is 84.5 Å². The summed E-state index contributed by atoms with van der Waals surface area (Å²) in [6.45, 7) is 5.87. The Morgan fingerprint density at radius 1 is 1.12 bits per heavy atom. The van der Waals surface area contributed by atoms with Crippen molar-refractivity contribution in [3.05, 3.63) is 35.9 Å². The fourth-order valence-corrected chi connectivity index (χ4v) is 2.26. The predicted octanol–water partition coefficient (Wildman–Crippen LogP) is 2.60. The molecule has 0 heterocycles. The summed E-state index contributed by atoms with van der Waals surface area (Å²) in [6, 6.07) is 8.77. The minimum Gasteiger partial charge on any atom is -0.455 e. The van der Waals surface area contributed by atoms with Gasteiger partial charge in [-0.1, -0.05) is 57.5 Å². The molecule has 0 aliphatic heterocycles. The number of hydrogen-bond donors (Lipinski definition) is 2. The molecule has 0 fully saturated rings. The maximum Gasteiger partial charge on any atom is 0.321 e. The van der Waals surface area contributed by atoms with Crippen LogP contribution in [0.25, 0.3) is 0 Å². The SMILES string of the molecule is CCCNC(=O)NC(=O)COC(=O)[C@@H](c1ccccc1)[C@H](C)CC. The summed E-state index contributed by atoms with van der Waals surface area (Å²) < 4.78 is 5.12. The van der Waals surface area contributed by atoms with Crippen LogP contribution in [0.2, 0.25) is 0 Å². The van der Waals surface area contributed by atoms with Crippen LogP contribution in [0.5, 0.6) is 0 Å². The summed E-state index contributed by atoms with van der Waals surface area (Å²) in [5.41, 5.74) is 0.859. The second kappa shape index (κ2) is 10.4. The van der Waals surface area contributed by atoms with Crippen molar-refractivity contribution in [3.8, 4) is 0 Å². The molecule has 6 nitrogen and oxygen atoms in total. The highest BCUT2D eigenvalue weighted by Crippen LogP contribution is 2.28. The van der Waals surface area contributed by atoms with E-state index in [-0.39, 0.29) is 5.92 Å². The summed E-state index contributed by atoms with van der Waals surface area (Å²) in [4.78, 5) is 35.5. The Bertz CT molecular complexity index is 545. The van der Waals surface area contributed by atoms with E-state index in [0.717, 1.165) is 18.4 Å². The fourth-order valence-electron chi connectivity index (χ4n) is 2.26. The first-order valence-electron chi connectivity index (χ1n) is 8.28. The van der Waals surface area contributed by atoms with E-state index in [1.807, 2.05) is 51.1 Å². The van der Waals surface area contributed by atoms with Crippen molar-refractivity contribution in [2.75, 3.05) is 13.2 Å². The molecule has 6 heteroatoms. The molecule has 2 N–H and O–H groups in total. The van der Waals surface area contributed by atoms with Crippen LogP contribution in [0.15, 0.2) is 30.3 Å². The van der Waals surface area contributed by atoms with Crippen LogP contribution < -0.4 is 10.6 Å². The summed E-state index contributed by atoms with van der Waals surface area (Å²) in [5.74, 6) is -1.46. The molecule has 1 aromatic rings. The molecule has 3 amide bonds. The molecule has 2 atom stereocenters. The third-order valence-corrected chi connectivity index (χ3v) is 3.76. The van der Waals surface area contributed by atoms with Crippen molar-refractivity contribution in [1.82, 2.24) is 10.6 Å². The van der Waals surface area contributed by atoms with Crippen LogP contribution in [0.4, 0.5) is 4.79 Å². The number of rotatable bonds is 8. The Morgan fingerprint density at radius 2 is 1.79 bits per heavy atom. The first kappa shape index (κ1) is 19.7. The second-order valence-corrected chi connectivity index (χ2v) is 5.69. The molecule has 1 aromatic carbocycles. The molecule has 132 valence electrons. The van der Waals surface area contributed by atoms with E-state index < -0.39 is 30.4 Å². The van der Waals surface area contributed by atoms with Crippen LogP contribution in [0.3, 0.4) is 0 Å². The number of nitrogens with one attached hydrogen (secondary N) is 2. The number of carbonyl (C=O) groups is 3. The molecule has 0 saturated carbocycles. The van der Waals surface area contributed by atoms with Gasteiger partial charge in [-0.15, -0.1) is 0 Å². The lowest BCUT2D eigenvalue weighted by Crippen LogP contribution is -2.42. The highest BCUT2D eigenvalue weighted by Gasteiger charge is 2.27. The van der Waals surface area contributed by atoms with Crippen LogP contribution in [-0.2, 0) is 14.3 Å². The average molecular weight is 334 g/mol. The molecular weight excluding hydrogens is 308 g/mol. The molecule has 0 aliphatic carbocycles. The van der Waals surface area contributed by atoms with Crippen LogP contribution >= 0.6 is 0 Å². The van der Waals surface area contributed by atoms with E-state index in [9.17, 15) is 14.4 Å². The normalized spacial score (nSPS) is 12.8. The lowest BCUT2D eigenvalue weighted by atomic mass is 9.86. The van der Waals surface area contributed by atoms with Gasteiger partial charge in [0.15, 0.2) is 6.61 Å². The third kappa shape index (κ3) is 6.40. The fraction of sp³-hybridized carbons (Fsp3) is 0.500. The number of imide groups is 1. The maximum absolute atomic E-state index is 12.4. The first-order valence-corrected chi connectivity index (χ1v) is 8.28. The lowest BCUT2D eigenvalue weighted by Gasteiger charge is -2.21. The van der Waals surface area contributed by atoms with E-state index in [1.165, 1.54) is 0 Å². The number of benzene rings is 1. The number of hydrogen-bond acceptors (Lipinski definition) is 4. The Morgan fingerprint density at radius 3 is 2.38 bits per heavy atom. The van der Waals surface area contributed by atoms with Gasteiger partial charge in [0.25, 0.3) is 5.91 Å². The highest BCUT2D eigenvalue weighted by molar-refractivity contribution is 5.95. The standard InChI is InChI=1S/C18H26N2O4/c1-4-11-19-18(23)20-15(21)12-24-17(22)16(13(3)5-2)14-9-7-6-8-10-14/h6-10,13,16H,4-5,11-12H2,1-3H3,(H2,19,20,21,23)/t13-,16-/m1/s1. The second-order valence-electron chi connectivity index (χ2n) is 5.69. The van der Waals surface area contributed by atoms with E-state index in [0.29, 0.717) is 6.54 Å². The molecule has 0 aliphatic rings. The molecule has 0 bridgehead atoms. The first-order chi connectivity index (χ1) is 11.5. The molecule has 0 aromatic heterocycles. The predicted molar refractivity (Wildman–Crippen MR) is 91.4 cm³/mol.